The van der Waals surface area contributed by atoms with Crippen molar-refractivity contribution in [2.75, 3.05) is 25.1 Å². The van der Waals surface area contributed by atoms with Crippen LogP contribution in [0.4, 0.5) is 5.82 Å². The lowest BCUT2D eigenvalue weighted by atomic mass is 10.1. The fourth-order valence-corrected chi connectivity index (χ4v) is 1.82. The zero-order chi connectivity index (χ0) is 12.3. The van der Waals surface area contributed by atoms with Gasteiger partial charge in [-0.15, -0.1) is 0 Å². The highest BCUT2D eigenvalue weighted by molar-refractivity contribution is 5.84. The summed E-state index contributed by atoms with van der Waals surface area (Å²) in [5, 5.41) is 19.3. The third-order valence-electron chi connectivity index (χ3n) is 2.79. The number of pyridine rings is 1. The molecular formula is C13H16N2O2. The summed E-state index contributed by atoms with van der Waals surface area (Å²) >= 11 is 0. The Morgan fingerprint density at radius 3 is 2.71 bits per heavy atom. The second-order valence-electron chi connectivity index (χ2n) is 3.96. The van der Waals surface area contributed by atoms with Crippen molar-refractivity contribution < 1.29 is 10.2 Å². The van der Waals surface area contributed by atoms with E-state index >= 15 is 0 Å². The van der Waals surface area contributed by atoms with E-state index in [1.54, 1.807) is 0 Å². The van der Waals surface area contributed by atoms with Crippen LogP contribution in [0, 0.1) is 0 Å². The van der Waals surface area contributed by atoms with Crippen molar-refractivity contribution in [2.45, 2.75) is 6.61 Å². The number of nitrogens with zero attached hydrogens (tertiary/aromatic N) is 2. The Balaban J connectivity index is 2.52. The molecule has 0 fully saturated rings. The molecule has 0 unspecified atom stereocenters. The van der Waals surface area contributed by atoms with Crippen LogP contribution in [0.1, 0.15) is 5.56 Å². The van der Waals surface area contributed by atoms with Crippen LogP contribution < -0.4 is 4.90 Å². The molecule has 0 saturated heterocycles. The first-order chi connectivity index (χ1) is 8.26. The standard InChI is InChI=1S/C13H16N2O2/c1-15(6-7-16)13-8-10(9-17)11-4-2-3-5-12(11)14-13/h2-5,8,16-17H,6-7,9H2,1H3. The van der Waals surface area contributed by atoms with Gasteiger partial charge in [-0.05, 0) is 17.7 Å². The number of anilines is 1. The van der Waals surface area contributed by atoms with Gasteiger partial charge in [0.2, 0.25) is 0 Å². The van der Waals surface area contributed by atoms with E-state index in [0.29, 0.717) is 6.54 Å². The van der Waals surface area contributed by atoms with Gasteiger partial charge in [0.15, 0.2) is 0 Å². The fourth-order valence-electron chi connectivity index (χ4n) is 1.82. The maximum absolute atomic E-state index is 9.38. The summed E-state index contributed by atoms with van der Waals surface area (Å²) in [5.74, 6) is 0.766. The van der Waals surface area contributed by atoms with Gasteiger partial charge < -0.3 is 15.1 Å². The Bertz CT molecular complexity index is 514. The van der Waals surface area contributed by atoms with Crippen molar-refractivity contribution in [3.8, 4) is 0 Å². The maximum Gasteiger partial charge on any atom is 0.129 e. The number of aliphatic hydroxyl groups excluding tert-OH is 2. The number of benzene rings is 1. The highest BCUT2D eigenvalue weighted by Gasteiger charge is 2.07. The van der Waals surface area contributed by atoms with E-state index in [1.165, 1.54) is 0 Å². The fraction of sp³-hybridized carbons (Fsp3) is 0.308. The first-order valence-electron chi connectivity index (χ1n) is 5.57. The smallest absolute Gasteiger partial charge is 0.129 e. The molecule has 1 heterocycles. The Morgan fingerprint density at radius 2 is 2.00 bits per heavy atom. The van der Waals surface area contributed by atoms with Crippen LogP contribution in [-0.4, -0.2) is 35.4 Å². The summed E-state index contributed by atoms with van der Waals surface area (Å²) in [6.45, 7) is 0.596. The number of fused-ring (bicyclic) bond motifs is 1. The number of para-hydroxylation sites is 1. The van der Waals surface area contributed by atoms with E-state index in [4.69, 9.17) is 5.11 Å². The van der Waals surface area contributed by atoms with Crippen molar-refractivity contribution in [2.24, 2.45) is 0 Å². The summed E-state index contributed by atoms with van der Waals surface area (Å²) in [5.41, 5.74) is 1.72. The molecule has 0 amide bonds. The molecule has 1 aromatic heterocycles. The van der Waals surface area contributed by atoms with Crippen LogP contribution in [0.25, 0.3) is 10.9 Å². The Kier molecular flexibility index (Phi) is 3.56. The Morgan fingerprint density at radius 1 is 1.24 bits per heavy atom. The minimum atomic E-state index is -0.0109. The lowest BCUT2D eigenvalue weighted by molar-refractivity contribution is 0.283. The SMILES string of the molecule is CN(CCO)c1cc(CO)c2ccccc2n1. The van der Waals surface area contributed by atoms with Gasteiger partial charge in [0.05, 0.1) is 18.7 Å². The third kappa shape index (κ3) is 2.38. The molecule has 4 heteroatoms. The summed E-state index contributed by atoms with van der Waals surface area (Å²) in [7, 11) is 1.87. The first-order valence-corrected chi connectivity index (χ1v) is 5.57. The largest absolute Gasteiger partial charge is 0.395 e. The molecule has 4 nitrogen and oxygen atoms in total. The predicted molar refractivity (Wildman–Crippen MR) is 68.0 cm³/mol. The normalized spacial score (nSPS) is 10.8. The van der Waals surface area contributed by atoms with Crippen LogP contribution in [-0.2, 0) is 6.61 Å². The molecule has 2 rings (SSSR count). The summed E-state index contributed by atoms with van der Waals surface area (Å²) in [6.07, 6.45) is 0. The van der Waals surface area contributed by atoms with E-state index in [-0.39, 0.29) is 13.2 Å². The van der Waals surface area contributed by atoms with Gasteiger partial charge >= 0.3 is 0 Å². The van der Waals surface area contributed by atoms with Crippen LogP contribution >= 0.6 is 0 Å². The monoisotopic (exact) mass is 232 g/mol. The molecule has 0 atom stereocenters. The second kappa shape index (κ2) is 5.12. The molecule has 2 N–H and O–H groups in total. The van der Waals surface area contributed by atoms with E-state index < -0.39 is 0 Å². The van der Waals surface area contributed by atoms with Gasteiger partial charge in [-0.1, -0.05) is 18.2 Å². The molecule has 0 aliphatic heterocycles. The lowest BCUT2D eigenvalue weighted by Crippen LogP contribution is -2.22. The zero-order valence-corrected chi connectivity index (χ0v) is 9.80. The molecule has 90 valence electrons. The minimum Gasteiger partial charge on any atom is -0.395 e. The molecule has 0 radical (unpaired) electrons. The first kappa shape index (κ1) is 11.8. The average molecular weight is 232 g/mol. The summed E-state index contributed by atoms with van der Waals surface area (Å²) in [6, 6.07) is 9.58. The molecule has 0 saturated carbocycles. The van der Waals surface area contributed by atoms with Gasteiger partial charge in [-0.2, -0.15) is 0 Å². The molecule has 1 aromatic carbocycles. The van der Waals surface area contributed by atoms with Gasteiger partial charge in [0.1, 0.15) is 5.82 Å². The molecule has 2 aromatic rings. The topological polar surface area (TPSA) is 56.6 Å². The van der Waals surface area contributed by atoms with E-state index in [9.17, 15) is 5.11 Å². The number of aliphatic hydroxyl groups is 2. The molecular weight excluding hydrogens is 216 g/mol. The third-order valence-corrected chi connectivity index (χ3v) is 2.79. The van der Waals surface area contributed by atoms with Crippen LogP contribution in [0.2, 0.25) is 0 Å². The molecule has 0 aliphatic carbocycles. The number of hydrogen-bond donors (Lipinski definition) is 2. The highest BCUT2D eigenvalue weighted by Crippen LogP contribution is 2.22. The molecule has 0 aliphatic rings. The van der Waals surface area contributed by atoms with Crippen molar-refractivity contribution in [1.29, 1.82) is 0 Å². The number of rotatable bonds is 4. The second-order valence-corrected chi connectivity index (χ2v) is 3.96. The van der Waals surface area contributed by atoms with Crippen molar-refractivity contribution in [1.82, 2.24) is 4.98 Å². The van der Waals surface area contributed by atoms with Crippen LogP contribution in [0.15, 0.2) is 30.3 Å². The lowest BCUT2D eigenvalue weighted by Gasteiger charge is -2.18. The van der Waals surface area contributed by atoms with Crippen molar-refractivity contribution >= 4 is 16.7 Å². The van der Waals surface area contributed by atoms with Crippen molar-refractivity contribution in [3.05, 3.63) is 35.9 Å². The molecule has 0 bridgehead atoms. The summed E-state index contributed by atoms with van der Waals surface area (Å²) in [4.78, 5) is 6.37. The van der Waals surface area contributed by atoms with Gasteiger partial charge in [-0.3, -0.25) is 0 Å². The zero-order valence-electron chi connectivity index (χ0n) is 9.80. The van der Waals surface area contributed by atoms with E-state index in [2.05, 4.69) is 4.98 Å². The van der Waals surface area contributed by atoms with E-state index in [1.807, 2.05) is 42.3 Å². The molecule has 0 spiro atoms. The Labute approximate surface area is 100 Å². The number of aromatic nitrogens is 1. The summed E-state index contributed by atoms with van der Waals surface area (Å²) < 4.78 is 0. The number of likely N-dealkylation sites (N-methyl/N-ethyl adjacent to an activating group) is 1. The average Bonchev–Trinajstić information content (AvgIpc) is 2.37. The van der Waals surface area contributed by atoms with Crippen LogP contribution in [0.3, 0.4) is 0 Å². The quantitative estimate of drug-likeness (QED) is 0.830. The van der Waals surface area contributed by atoms with Crippen LogP contribution in [0.5, 0.6) is 0 Å². The molecule has 17 heavy (non-hydrogen) atoms. The Hall–Kier alpha value is -1.65. The highest BCUT2D eigenvalue weighted by atomic mass is 16.3. The van der Waals surface area contributed by atoms with Crippen molar-refractivity contribution in [3.63, 3.8) is 0 Å². The van der Waals surface area contributed by atoms with E-state index in [0.717, 1.165) is 22.3 Å². The predicted octanol–water partition coefficient (Wildman–Crippen LogP) is 1.16. The minimum absolute atomic E-state index is 0.0109. The maximum atomic E-state index is 9.38. The van der Waals surface area contributed by atoms with Gasteiger partial charge in [0, 0.05) is 19.0 Å². The van der Waals surface area contributed by atoms with Gasteiger partial charge in [-0.25, -0.2) is 4.98 Å². The van der Waals surface area contributed by atoms with Gasteiger partial charge in [0.25, 0.3) is 0 Å². The number of hydrogen-bond acceptors (Lipinski definition) is 4.